The Kier molecular flexibility index (Phi) is 10.2. The first-order valence-electron chi connectivity index (χ1n) is 15.1. The molecule has 3 aromatic rings. The van der Waals surface area contributed by atoms with Gasteiger partial charge in [-0.25, -0.2) is 4.79 Å². The van der Waals surface area contributed by atoms with Crippen LogP contribution in [0.3, 0.4) is 0 Å². The van der Waals surface area contributed by atoms with E-state index in [1.807, 2.05) is 42.2 Å². The molecule has 1 N–H and O–H groups in total. The second-order valence-electron chi connectivity index (χ2n) is 11.1. The molecule has 44 heavy (non-hydrogen) atoms. The van der Waals surface area contributed by atoms with E-state index in [2.05, 4.69) is 39.4 Å². The molecule has 0 radical (unpaired) electrons. The molecule has 0 aromatic heterocycles. The van der Waals surface area contributed by atoms with Gasteiger partial charge in [-0.2, -0.15) is 0 Å². The molecule has 0 spiro atoms. The summed E-state index contributed by atoms with van der Waals surface area (Å²) in [7, 11) is 0. The lowest BCUT2D eigenvalue weighted by Gasteiger charge is -2.36. The number of ether oxygens (including phenoxy) is 1. The average Bonchev–Trinajstić information content (AvgIpc) is 3.26. The van der Waals surface area contributed by atoms with Crippen molar-refractivity contribution in [3.8, 4) is 0 Å². The van der Waals surface area contributed by atoms with E-state index in [0.717, 1.165) is 44.7 Å². The molecule has 2 heterocycles. The number of hydrogen-bond donors (Lipinski definition) is 1. The van der Waals surface area contributed by atoms with Gasteiger partial charge in [-0.1, -0.05) is 35.9 Å². The zero-order chi connectivity index (χ0) is 31.1. The Balaban J connectivity index is 1.22. The number of nitrogens with zero attached hydrogens (tertiary/aromatic N) is 4. The van der Waals surface area contributed by atoms with Crippen LogP contribution in [0.25, 0.3) is 0 Å². The SMILES string of the molecule is CCOC(=O)c1ccc(NC(=O)CC2C(=O)N(c3ccc(C)cc3)C(=S)N2CCCN2CCN(c3ccccc3)CC2)cc1. The lowest BCUT2D eigenvalue weighted by molar-refractivity contribution is -0.124. The number of aryl methyl sites for hydroxylation is 1. The topological polar surface area (TPSA) is 85.4 Å². The van der Waals surface area contributed by atoms with Crippen LogP contribution in [-0.4, -0.2) is 84.6 Å². The number of benzene rings is 3. The smallest absolute Gasteiger partial charge is 0.338 e. The number of anilines is 3. The van der Waals surface area contributed by atoms with Crippen LogP contribution in [0.15, 0.2) is 78.9 Å². The maximum atomic E-state index is 13.8. The van der Waals surface area contributed by atoms with Crippen LogP contribution < -0.4 is 15.1 Å². The van der Waals surface area contributed by atoms with Crippen LogP contribution in [0.4, 0.5) is 17.1 Å². The lowest BCUT2D eigenvalue weighted by Crippen LogP contribution is -2.47. The third-order valence-electron chi connectivity index (χ3n) is 8.04. The first-order chi connectivity index (χ1) is 21.3. The first-order valence-corrected chi connectivity index (χ1v) is 15.6. The van der Waals surface area contributed by atoms with E-state index in [4.69, 9.17) is 17.0 Å². The van der Waals surface area contributed by atoms with Gasteiger partial charge in [0, 0.05) is 44.1 Å². The molecule has 2 aliphatic rings. The largest absolute Gasteiger partial charge is 0.462 e. The Morgan fingerprint density at radius 2 is 1.57 bits per heavy atom. The molecule has 0 aliphatic carbocycles. The van der Waals surface area contributed by atoms with Crippen molar-refractivity contribution in [3.05, 3.63) is 90.0 Å². The first kappa shape index (κ1) is 31.2. The Morgan fingerprint density at radius 1 is 0.886 bits per heavy atom. The molecule has 2 aliphatic heterocycles. The van der Waals surface area contributed by atoms with Crippen molar-refractivity contribution in [2.24, 2.45) is 0 Å². The van der Waals surface area contributed by atoms with Crippen LogP contribution >= 0.6 is 12.2 Å². The number of thiocarbonyl (C=S) groups is 1. The van der Waals surface area contributed by atoms with Crippen molar-refractivity contribution < 1.29 is 19.1 Å². The minimum atomic E-state index is -0.711. The Morgan fingerprint density at radius 3 is 2.23 bits per heavy atom. The predicted octanol–water partition coefficient (Wildman–Crippen LogP) is 4.71. The maximum Gasteiger partial charge on any atom is 0.338 e. The van der Waals surface area contributed by atoms with Crippen molar-refractivity contribution in [1.29, 1.82) is 0 Å². The van der Waals surface area contributed by atoms with Crippen LogP contribution in [0.5, 0.6) is 0 Å². The molecular formula is C34H39N5O4S. The van der Waals surface area contributed by atoms with Gasteiger partial charge >= 0.3 is 5.97 Å². The summed E-state index contributed by atoms with van der Waals surface area (Å²) in [5, 5.41) is 3.29. The van der Waals surface area contributed by atoms with E-state index in [1.165, 1.54) is 5.69 Å². The van der Waals surface area contributed by atoms with Gasteiger partial charge in [0.05, 0.1) is 24.3 Å². The van der Waals surface area contributed by atoms with Gasteiger partial charge in [0.15, 0.2) is 5.11 Å². The van der Waals surface area contributed by atoms with Gasteiger partial charge in [-0.15, -0.1) is 0 Å². The van der Waals surface area contributed by atoms with Gasteiger partial charge in [0.25, 0.3) is 5.91 Å². The van der Waals surface area contributed by atoms with E-state index in [0.29, 0.717) is 28.6 Å². The molecule has 5 rings (SSSR count). The predicted molar refractivity (Wildman–Crippen MR) is 177 cm³/mol. The van der Waals surface area contributed by atoms with Crippen LogP contribution in [0.2, 0.25) is 0 Å². The van der Waals surface area contributed by atoms with Crippen molar-refractivity contribution >= 4 is 52.2 Å². The number of para-hydroxylation sites is 1. The molecule has 2 amide bonds. The van der Waals surface area contributed by atoms with Crippen molar-refractivity contribution in [2.75, 3.05) is 61.0 Å². The minimum Gasteiger partial charge on any atom is -0.462 e. The summed E-state index contributed by atoms with van der Waals surface area (Å²) in [6.07, 6.45) is 0.769. The summed E-state index contributed by atoms with van der Waals surface area (Å²) >= 11 is 5.85. The number of amides is 2. The standard InChI is InChI=1S/C34H39N5O4S/c1-3-43-33(42)26-12-14-27(15-13-26)35-31(40)24-30-32(41)39(29-16-10-25(2)11-17-29)34(44)38(30)19-7-18-36-20-22-37(23-21-36)28-8-5-4-6-9-28/h4-6,8-17,30H,3,7,18-24H2,1-2H3,(H,35,40). The highest BCUT2D eigenvalue weighted by Gasteiger charge is 2.44. The van der Waals surface area contributed by atoms with Gasteiger partial charge in [0.1, 0.15) is 6.04 Å². The molecule has 1 unspecified atom stereocenters. The summed E-state index contributed by atoms with van der Waals surface area (Å²) in [4.78, 5) is 47.2. The van der Waals surface area contributed by atoms with Crippen molar-refractivity contribution in [1.82, 2.24) is 9.80 Å². The molecule has 230 valence electrons. The summed E-state index contributed by atoms with van der Waals surface area (Å²) in [6.45, 7) is 9.35. The molecule has 1 atom stereocenters. The van der Waals surface area contributed by atoms with Gasteiger partial charge in [0.2, 0.25) is 5.91 Å². The number of carbonyl (C=O) groups excluding carboxylic acids is 3. The van der Waals surface area contributed by atoms with E-state index in [1.54, 1.807) is 36.1 Å². The van der Waals surface area contributed by atoms with Crippen molar-refractivity contribution in [2.45, 2.75) is 32.7 Å². The van der Waals surface area contributed by atoms with Gasteiger partial charge in [-0.05, 0) is 87.6 Å². The van der Waals surface area contributed by atoms with Crippen LogP contribution in [0, 0.1) is 6.92 Å². The van der Waals surface area contributed by atoms with Crippen LogP contribution in [0.1, 0.15) is 35.7 Å². The number of nitrogens with one attached hydrogen (secondary N) is 1. The summed E-state index contributed by atoms with van der Waals surface area (Å²) < 4.78 is 5.03. The molecule has 2 fully saturated rings. The Labute approximate surface area is 264 Å². The molecule has 9 nitrogen and oxygen atoms in total. The van der Waals surface area contributed by atoms with Gasteiger partial charge in [-0.3, -0.25) is 19.4 Å². The fourth-order valence-electron chi connectivity index (χ4n) is 5.64. The number of carbonyl (C=O) groups is 3. The third kappa shape index (κ3) is 7.43. The van der Waals surface area contributed by atoms with Crippen LogP contribution in [-0.2, 0) is 14.3 Å². The second kappa shape index (κ2) is 14.5. The second-order valence-corrected chi connectivity index (χ2v) is 11.4. The molecular weight excluding hydrogens is 574 g/mol. The fraction of sp³-hybridized carbons (Fsp3) is 0.353. The normalized spacial score (nSPS) is 17.2. The molecule has 0 bridgehead atoms. The number of esters is 1. The third-order valence-corrected chi connectivity index (χ3v) is 8.45. The quantitative estimate of drug-likeness (QED) is 0.246. The summed E-state index contributed by atoms with van der Waals surface area (Å²) in [6, 6.07) is 23.9. The summed E-state index contributed by atoms with van der Waals surface area (Å²) in [5.41, 5.74) is 3.97. The monoisotopic (exact) mass is 613 g/mol. The minimum absolute atomic E-state index is 0.0449. The van der Waals surface area contributed by atoms with E-state index >= 15 is 0 Å². The highest BCUT2D eigenvalue weighted by Crippen LogP contribution is 2.28. The molecule has 2 saturated heterocycles. The highest BCUT2D eigenvalue weighted by atomic mass is 32.1. The number of piperazine rings is 1. The molecule has 3 aromatic carbocycles. The average molecular weight is 614 g/mol. The van der Waals surface area contributed by atoms with E-state index in [9.17, 15) is 14.4 Å². The Hall–Kier alpha value is -4.28. The zero-order valence-corrected chi connectivity index (χ0v) is 26.1. The fourth-order valence-corrected chi connectivity index (χ4v) is 6.06. The van der Waals surface area contributed by atoms with Gasteiger partial charge < -0.3 is 19.9 Å². The summed E-state index contributed by atoms with van der Waals surface area (Å²) in [5.74, 6) is -0.925. The molecule has 10 heteroatoms. The van der Waals surface area contributed by atoms with Crippen molar-refractivity contribution in [3.63, 3.8) is 0 Å². The highest BCUT2D eigenvalue weighted by molar-refractivity contribution is 7.80. The zero-order valence-electron chi connectivity index (χ0n) is 25.3. The lowest BCUT2D eigenvalue weighted by atomic mass is 10.1. The Bertz CT molecular complexity index is 1460. The van der Waals surface area contributed by atoms with E-state index in [-0.39, 0.29) is 24.8 Å². The maximum absolute atomic E-state index is 13.8. The van der Waals surface area contributed by atoms with E-state index < -0.39 is 12.0 Å². The molecule has 0 saturated carbocycles. The number of hydrogen-bond acceptors (Lipinski definition) is 7. The number of rotatable bonds is 11.